The van der Waals surface area contributed by atoms with E-state index in [0.717, 1.165) is 12.2 Å². The molecule has 0 bridgehead atoms. The average Bonchev–Trinajstić information content (AvgIpc) is 2.93. The second-order valence-electron chi connectivity index (χ2n) is 6.52. The van der Waals surface area contributed by atoms with E-state index in [1.165, 1.54) is 11.8 Å². The van der Waals surface area contributed by atoms with Gasteiger partial charge in [0.15, 0.2) is 5.16 Å². The van der Waals surface area contributed by atoms with Crippen molar-refractivity contribution >= 4 is 35.3 Å². The van der Waals surface area contributed by atoms with Crippen molar-refractivity contribution < 1.29 is 9.53 Å². The highest BCUT2D eigenvalue weighted by molar-refractivity contribution is 7.98. The molecule has 23 heavy (non-hydrogen) atoms. The van der Waals surface area contributed by atoms with Gasteiger partial charge in [-0.3, -0.25) is 0 Å². The summed E-state index contributed by atoms with van der Waals surface area (Å²) in [5, 5.41) is 1.06. The number of carbonyl (C=O) groups is 1. The summed E-state index contributed by atoms with van der Waals surface area (Å²) in [4.78, 5) is 24.6. The first-order valence-electron chi connectivity index (χ1n) is 7.49. The van der Waals surface area contributed by atoms with Gasteiger partial charge >= 0.3 is 6.09 Å². The largest absolute Gasteiger partial charge is 0.444 e. The first kappa shape index (κ1) is 18.1. The number of rotatable bonds is 3. The first-order valence-corrected chi connectivity index (χ1v) is 9.09. The standard InChI is InChI=1S/C15H23ClN4O2S/c1-15(2,3)22-14(21)20-7-6-10(9-20)19(4)12-8-11(16)17-13(18-12)23-5/h8,10H,6-7,9H2,1-5H3/t10-/m1/s1. The lowest BCUT2D eigenvalue weighted by molar-refractivity contribution is 0.0292. The van der Waals surface area contributed by atoms with Crippen LogP contribution in [0.2, 0.25) is 5.15 Å². The van der Waals surface area contributed by atoms with Crippen LogP contribution in [-0.2, 0) is 4.74 Å². The van der Waals surface area contributed by atoms with Crippen LogP contribution in [0.5, 0.6) is 0 Å². The van der Waals surface area contributed by atoms with Crippen LogP contribution in [0, 0.1) is 0 Å². The van der Waals surface area contributed by atoms with Crippen molar-refractivity contribution in [3.05, 3.63) is 11.2 Å². The molecule has 128 valence electrons. The van der Waals surface area contributed by atoms with Crippen LogP contribution in [-0.4, -0.2) is 59.0 Å². The summed E-state index contributed by atoms with van der Waals surface area (Å²) in [6.45, 7) is 6.91. The third-order valence-electron chi connectivity index (χ3n) is 3.57. The maximum atomic E-state index is 12.2. The number of carbonyl (C=O) groups excluding carboxylic acids is 1. The second-order valence-corrected chi connectivity index (χ2v) is 7.68. The molecule has 1 aliphatic heterocycles. The number of amides is 1. The molecule has 1 saturated heterocycles. The van der Waals surface area contributed by atoms with Crippen molar-refractivity contribution in [2.24, 2.45) is 0 Å². The number of ether oxygens (including phenoxy) is 1. The van der Waals surface area contributed by atoms with Gasteiger partial charge in [-0.2, -0.15) is 0 Å². The van der Waals surface area contributed by atoms with Crippen LogP contribution in [0.25, 0.3) is 0 Å². The normalized spacial score (nSPS) is 18.2. The molecular formula is C15H23ClN4O2S. The molecule has 1 aromatic rings. The summed E-state index contributed by atoms with van der Waals surface area (Å²) >= 11 is 7.51. The van der Waals surface area contributed by atoms with Crippen LogP contribution in [0.4, 0.5) is 10.6 Å². The van der Waals surface area contributed by atoms with E-state index < -0.39 is 5.60 Å². The smallest absolute Gasteiger partial charge is 0.410 e. The molecule has 0 spiro atoms. The van der Waals surface area contributed by atoms with Crippen molar-refractivity contribution in [2.45, 2.75) is 44.0 Å². The number of likely N-dealkylation sites (N-methyl/N-ethyl adjacent to an activating group) is 1. The quantitative estimate of drug-likeness (QED) is 0.469. The second kappa shape index (κ2) is 7.13. The third kappa shape index (κ3) is 4.88. The van der Waals surface area contributed by atoms with Gasteiger partial charge in [0, 0.05) is 32.2 Å². The van der Waals surface area contributed by atoms with Crippen LogP contribution < -0.4 is 4.90 Å². The lowest BCUT2D eigenvalue weighted by atomic mass is 10.2. The Morgan fingerprint density at radius 1 is 1.48 bits per heavy atom. The number of thioether (sulfide) groups is 1. The third-order valence-corrected chi connectivity index (χ3v) is 4.31. The van der Waals surface area contributed by atoms with Gasteiger partial charge in [0.25, 0.3) is 0 Å². The van der Waals surface area contributed by atoms with Crippen LogP contribution in [0.15, 0.2) is 11.2 Å². The van der Waals surface area contributed by atoms with Gasteiger partial charge in [-0.25, -0.2) is 14.8 Å². The van der Waals surface area contributed by atoms with Gasteiger partial charge in [-0.15, -0.1) is 0 Å². The van der Waals surface area contributed by atoms with Crippen LogP contribution in [0.1, 0.15) is 27.2 Å². The van der Waals surface area contributed by atoms with Crippen molar-refractivity contribution in [3.63, 3.8) is 0 Å². The average molecular weight is 359 g/mol. The highest BCUT2D eigenvalue weighted by Gasteiger charge is 2.32. The predicted octanol–water partition coefficient (Wildman–Crippen LogP) is 3.30. The molecular weight excluding hydrogens is 336 g/mol. The molecule has 8 heteroatoms. The Kier molecular flexibility index (Phi) is 5.62. The maximum absolute atomic E-state index is 12.2. The molecule has 2 heterocycles. The summed E-state index contributed by atoms with van der Waals surface area (Å²) in [6, 6.07) is 1.93. The molecule has 0 aliphatic carbocycles. The Bertz CT molecular complexity index is 579. The van der Waals surface area contributed by atoms with E-state index in [9.17, 15) is 4.79 Å². The van der Waals surface area contributed by atoms with Crippen LogP contribution >= 0.6 is 23.4 Å². The molecule has 1 fully saturated rings. The summed E-state index contributed by atoms with van der Waals surface area (Å²) in [5.74, 6) is 0.769. The fraction of sp³-hybridized carbons (Fsp3) is 0.667. The molecule has 0 aromatic carbocycles. The molecule has 0 saturated carbocycles. The fourth-order valence-electron chi connectivity index (χ4n) is 2.39. The molecule has 1 aliphatic rings. The van der Waals surface area contributed by atoms with Gasteiger partial charge in [-0.05, 0) is 33.4 Å². The number of hydrogen-bond donors (Lipinski definition) is 0. The molecule has 6 nitrogen and oxygen atoms in total. The Balaban J connectivity index is 2.04. The molecule has 1 atom stereocenters. The molecule has 1 aromatic heterocycles. The molecule has 0 radical (unpaired) electrons. The van der Waals surface area contributed by atoms with Gasteiger partial charge in [0.05, 0.1) is 0 Å². The van der Waals surface area contributed by atoms with Gasteiger partial charge in [0.2, 0.25) is 0 Å². The lowest BCUT2D eigenvalue weighted by Crippen LogP contribution is -2.39. The van der Waals surface area contributed by atoms with Crippen LogP contribution in [0.3, 0.4) is 0 Å². The fourth-order valence-corrected chi connectivity index (χ4v) is 3.00. The van der Waals surface area contributed by atoms with E-state index in [-0.39, 0.29) is 12.1 Å². The summed E-state index contributed by atoms with van der Waals surface area (Å²) in [6.07, 6.45) is 2.51. The van der Waals surface area contributed by atoms with E-state index in [1.54, 1.807) is 11.0 Å². The van der Waals surface area contributed by atoms with Crippen molar-refractivity contribution in [1.29, 1.82) is 0 Å². The number of aromatic nitrogens is 2. The Morgan fingerprint density at radius 3 is 2.78 bits per heavy atom. The van der Waals surface area contributed by atoms with Gasteiger partial charge in [-0.1, -0.05) is 23.4 Å². The SMILES string of the molecule is CSc1nc(Cl)cc(N(C)[C@@H]2CCN(C(=O)OC(C)(C)C)C2)n1. The first-order chi connectivity index (χ1) is 10.7. The lowest BCUT2D eigenvalue weighted by Gasteiger charge is -2.27. The van der Waals surface area contributed by atoms with Crippen molar-refractivity contribution in [3.8, 4) is 0 Å². The van der Waals surface area contributed by atoms with Gasteiger partial charge < -0.3 is 14.5 Å². The minimum Gasteiger partial charge on any atom is -0.444 e. The number of nitrogens with zero attached hydrogens (tertiary/aromatic N) is 4. The Morgan fingerprint density at radius 2 is 2.17 bits per heavy atom. The van der Waals surface area contributed by atoms with E-state index in [4.69, 9.17) is 16.3 Å². The highest BCUT2D eigenvalue weighted by Crippen LogP contribution is 2.25. The van der Waals surface area contributed by atoms with E-state index in [0.29, 0.717) is 23.4 Å². The zero-order valence-electron chi connectivity index (χ0n) is 14.2. The van der Waals surface area contributed by atoms with E-state index in [1.807, 2.05) is 34.1 Å². The highest BCUT2D eigenvalue weighted by atomic mass is 35.5. The Hall–Kier alpha value is -1.21. The summed E-state index contributed by atoms with van der Waals surface area (Å²) < 4.78 is 5.43. The van der Waals surface area contributed by atoms with Crippen molar-refractivity contribution in [2.75, 3.05) is 31.3 Å². The Labute approximate surface area is 146 Å². The zero-order valence-corrected chi connectivity index (χ0v) is 15.7. The summed E-state index contributed by atoms with van der Waals surface area (Å²) in [5.41, 5.74) is -0.478. The van der Waals surface area contributed by atoms with E-state index >= 15 is 0 Å². The monoisotopic (exact) mass is 358 g/mol. The minimum atomic E-state index is -0.478. The molecule has 0 unspecified atom stereocenters. The molecule has 1 amide bonds. The topological polar surface area (TPSA) is 58.6 Å². The number of halogens is 1. The van der Waals surface area contributed by atoms with Gasteiger partial charge in [0.1, 0.15) is 16.6 Å². The maximum Gasteiger partial charge on any atom is 0.410 e. The molecule has 2 rings (SSSR count). The molecule has 0 N–H and O–H groups in total. The number of likely N-dealkylation sites (tertiary alicyclic amines) is 1. The minimum absolute atomic E-state index is 0.184. The summed E-state index contributed by atoms with van der Waals surface area (Å²) in [7, 11) is 1.96. The zero-order chi connectivity index (χ0) is 17.2. The van der Waals surface area contributed by atoms with Crippen molar-refractivity contribution in [1.82, 2.24) is 14.9 Å². The number of anilines is 1. The predicted molar refractivity (Wildman–Crippen MR) is 93.4 cm³/mol. The number of hydrogen-bond acceptors (Lipinski definition) is 6. The van der Waals surface area contributed by atoms with E-state index in [2.05, 4.69) is 14.9 Å².